The third kappa shape index (κ3) is 4.12. The Morgan fingerprint density at radius 2 is 2.20 bits per heavy atom. The maximum Gasteiger partial charge on any atom is 0.239 e. The lowest BCUT2D eigenvalue weighted by molar-refractivity contribution is -0.120. The molecule has 6 heteroatoms. The van der Waals surface area contributed by atoms with Crippen molar-refractivity contribution in [2.45, 2.75) is 18.9 Å². The van der Waals surface area contributed by atoms with Crippen LogP contribution in [0.15, 0.2) is 18.2 Å². The predicted octanol–water partition coefficient (Wildman–Crippen LogP) is 1.92. The number of anilines is 1. The number of halogens is 1. The van der Waals surface area contributed by atoms with Crippen molar-refractivity contribution < 1.29 is 9.53 Å². The minimum absolute atomic E-state index is 0.0965. The van der Waals surface area contributed by atoms with Crippen molar-refractivity contribution in [2.75, 3.05) is 25.1 Å². The predicted molar refractivity (Wildman–Crippen MR) is 76.6 cm³/mol. The summed E-state index contributed by atoms with van der Waals surface area (Å²) in [4.78, 5) is 11.8. The molecule has 1 fully saturated rings. The van der Waals surface area contributed by atoms with E-state index < -0.39 is 0 Å². The molecular formula is C14H16ClN3O2. The second kappa shape index (κ2) is 7.13. The summed E-state index contributed by atoms with van der Waals surface area (Å²) in [5, 5.41) is 15.4. The van der Waals surface area contributed by atoms with Crippen molar-refractivity contribution in [3.8, 4) is 6.07 Å². The van der Waals surface area contributed by atoms with Crippen LogP contribution in [0.4, 0.5) is 5.69 Å². The highest BCUT2D eigenvalue weighted by Gasteiger charge is 2.16. The summed E-state index contributed by atoms with van der Waals surface area (Å²) in [6, 6.07) is 7.15. The van der Waals surface area contributed by atoms with Crippen molar-refractivity contribution in [1.82, 2.24) is 5.32 Å². The second-order valence-electron chi connectivity index (χ2n) is 4.61. The molecular weight excluding hydrogens is 278 g/mol. The fourth-order valence-electron chi connectivity index (χ4n) is 2.06. The van der Waals surface area contributed by atoms with Crippen LogP contribution in [0.3, 0.4) is 0 Å². The van der Waals surface area contributed by atoms with Crippen LogP contribution in [-0.2, 0) is 9.53 Å². The van der Waals surface area contributed by atoms with Gasteiger partial charge in [0, 0.05) is 24.3 Å². The fraction of sp³-hybridized carbons (Fsp3) is 0.429. The molecule has 5 nitrogen and oxygen atoms in total. The third-order valence-electron chi connectivity index (χ3n) is 3.13. The average Bonchev–Trinajstić information content (AvgIpc) is 2.46. The number of carbonyl (C=O) groups is 1. The van der Waals surface area contributed by atoms with Crippen LogP contribution < -0.4 is 10.6 Å². The van der Waals surface area contributed by atoms with Gasteiger partial charge in [0.05, 0.1) is 17.8 Å². The Hall–Kier alpha value is -1.77. The molecule has 2 N–H and O–H groups in total. The summed E-state index contributed by atoms with van der Waals surface area (Å²) in [7, 11) is 0. The standard InChI is InChI=1S/C14H16ClN3O2/c15-11-2-1-10(8-16)13(7-11)17-9-14(19)18-12-3-5-20-6-4-12/h1-2,7,12,17H,3-6,9H2,(H,18,19). The van der Waals surface area contributed by atoms with Crippen molar-refractivity contribution >= 4 is 23.2 Å². The Kier molecular flexibility index (Phi) is 5.22. The van der Waals surface area contributed by atoms with Crippen LogP contribution in [-0.4, -0.2) is 31.7 Å². The summed E-state index contributed by atoms with van der Waals surface area (Å²) in [6.07, 6.45) is 1.68. The third-order valence-corrected chi connectivity index (χ3v) is 3.36. The smallest absolute Gasteiger partial charge is 0.239 e. The number of carbonyl (C=O) groups excluding carboxylic acids is 1. The van der Waals surface area contributed by atoms with E-state index in [1.165, 1.54) is 0 Å². The summed E-state index contributed by atoms with van der Waals surface area (Å²) in [6.45, 7) is 1.49. The molecule has 1 heterocycles. The van der Waals surface area contributed by atoms with E-state index in [9.17, 15) is 4.79 Å². The van der Waals surface area contributed by atoms with Crippen LogP contribution >= 0.6 is 11.6 Å². The van der Waals surface area contributed by atoms with Gasteiger partial charge in [-0.2, -0.15) is 5.26 Å². The Labute approximate surface area is 122 Å². The number of nitrogens with one attached hydrogen (secondary N) is 2. The van der Waals surface area contributed by atoms with Crippen LogP contribution in [0.1, 0.15) is 18.4 Å². The molecule has 0 aliphatic carbocycles. The summed E-state index contributed by atoms with van der Waals surface area (Å²) >= 11 is 5.88. The van der Waals surface area contributed by atoms with E-state index in [-0.39, 0.29) is 18.5 Å². The Morgan fingerprint density at radius 3 is 2.90 bits per heavy atom. The first kappa shape index (κ1) is 14.6. The normalized spacial score (nSPS) is 15.4. The molecule has 20 heavy (non-hydrogen) atoms. The highest BCUT2D eigenvalue weighted by molar-refractivity contribution is 6.30. The van der Waals surface area contributed by atoms with Crippen LogP contribution in [0.2, 0.25) is 5.02 Å². The fourth-order valence-corrected chi connectivity index (χ4v) is 2.23. The number of nitriles is 1. The highest BCUT2D eigenvalue weighted by Crippen LogP contribution is 2.20. The summed E-state index contributed by atoms with van der Waals surface area (Å²) < 4.78 is 5.24. The quantitative estimate of drug-likeness (QED) is 0.889. The van der Waals surface area contributed by atoms with Crippen LogP contribution in [0, 0.1) is 11.3 Å². The molecule has 1 aromatic carbocycles. The number of nitrogens with zero attached hydrogens (tertiary/aromatic N) is 1. The number of ether oxygens (including phenoxy) is 1. The number of hydrogen-bond donors (Lipinski definition) is 2. The maximum absolute atomic E-state index is 11.8. The van der Waals surface area contributed by atoms with Gasteiger partial charge in [-0.05, 0) is 31.0 Å². The van der Waals surface area contributed by atoms with E-state index in [1.807, 2.05) is 0 Å². The van der Waals surface area contributed by atoms with E-state index in [1.54, 1.807) is 18.2 Å². The highest BCUT2D eigenvalue weighted by atomic mass is 35.5. The van der Waals surface area contributed by atoms with Crippen LogP contribution in [0.5, 0.6) is 0 Å². The maximum atomic E-state index is 11.8. The van der Waals surface area contributed by atoms with Gasteiger partial charge in [0.25, 0.3) is 0 Å². The van der Waals surface area contributed by atoms with E-state index in [4.69, 9.17) is 21.6 Å². The number of amides is 1. The lowest BCUT2D eigenvalue weighted by Crippen LogP contribution is -2.41. The van der Waals surface area contributed by atoms with Crippen molar-refractivity contribution in [3.05, 3.63) is 28.8 Å². The van der Waals surface area contributed by atoms with Gasteiger partial charge in [0.2, 0.25) is 5.91 Å². The molecule has 2 rings (SSSR count). The molecule has 106 valence electrons. The summed E-state index contributed by atoms with van der Waals surface area (Å²) in [5.74, 6) is -0.0965. The SMILES string of the molecule is N#Cc1ccc(Cl)cc1NCC(=O)NC1CCOCC1. The molecule has 0 spiro atoms. The van der Waals surface area contributed by atoms with Gasteiger partial charge < -0.3 is 15.4 Å². The number of hydrogen-bond acceptors (Lipinski definition) is 4. The zero-order chi connectivity index (χ0) is 14.4. The summed E-state index contributed by atoms with van der Waals surface area (Å²) in [5.41, 5.74) is 1.04. The number of benzene rings is 1. The second-order valence-corrected chi connectivity index (χ2v) is 5.05. The van der Waals surface area contributed by atoms with Gasteiger partial charge in [-0.1, -0.05) is 11.6 Å². The molecule has 0 saturated carbocycles. The van der Waals surface area contributed by atoms with Crippen molar-refractivity contribution in [3.63, 3.8) is 0 Å². The van der Waals surface area contributed by atoms with E-state index in [0.717, 1.165) is 12.8 Å². The molecule has 0 unspecified atom stereocenters. The molecule has 1 amide bonds. The van der Waals surface area contributed by atoms with Crippen LogP contribution in [0.25, 0.3) is 0 Å². The minimum Gasteiger partial charge on any atom is -0.381 e. The lowest BCUT2D eigenvalue weighted by atomic mass is 10.1. The lowest BCUT2D eigenvalue weighted by Gasteiger charge is -2.23. The molecule has 1 aliphatic heterocycles. The molecule has 1 aromatic rings. The molecule has 0 bridgehead atoms. The molecule has 0 radical (unpaired) electrons. The first-order chi connectivity index (χ1) is 9.69. The Bertz CT molecular complexity index is 522. The van der Waals surface area contributed by atoms with Gasteiger partial charge >= 0.3 is 0 Å². The molecule has 1 saturated heterocycles. The van der Waals surface area contributed by atoms with Gasteiger partial charge in [0.15, 0.2) is 0 Å². The van der Waals surface area contributed by atoms with E-state index in [2.05, 4.69) is 16.7 Å². The van der Waals surface area contributed by atoms with E-state index >= 15 is 0 Å². The van der Waals surface area contributed by atoms with E-state index in [0.29, 0.717) is 29.5 Å². The zero-order valence-electron chi connectivity index (χ0n) is 11.0. The van der Waals surface area contributed by atoms with Gasteiger partial charge in [-0.15, -0.1) is 0 Å². The average molecular weight is 294 g/mol. The Morgan fingerprint density at radius 1 is 1.45 bits per heavy atom. The van der Waals surface area contributed by atoms with Gasteiger partial charge in [-0.3, -0.25) is 4.79 Å². The minimum atomic E-state index is -0.0965. The molecule has 0 aromatic heterocycles. The van der Waals surface area contributed by atoms with Crippen molar-refractivity contribution in [1.29, 1.82) is 5.26 Å². The zero-order valence-corrected chi connectivity index (χ0v) is 11.7. The largest absolute Gasteiger partial charge is 0.381 e. The monoisotopic (exact) mass is 293 g/mol. The first-order valence-corrected chi connectivity index (χ1v) is 6.87. The number of rotatable bonds is 4. The van der Waals surface area contributed by atoms with Gasteiger partial charge in [-0.25, -0.2) is 0 Å². The first-order valence-electron chi connectivity index (χ1n) is 6.49. The Balaban J connectivity index is 1.86. The van der Waals surface area contributed by atoms with Gasteiger partial charge in [0.1, 0.15) is 6.07 Å². The van der Waals surface area contributed by atoms with Crippen molar-refractivity contribution in [2.24, 2.45) is 0 Å². The molecule has 0 atom stereocenters. The molecule has 1 aliphatic rings. The topological polar surface area (TPSA) is 74.2 Å².